The third-order valence-electron chi connectivity index (χ3n) is 3.23. The minimum Gasteiger partial charge on any atom is -0.478 e. The Labute approximate surface area is 145 Å². The molecule has 0 aliphatic rings. The van der Waals surface area contributed by atoms with Crippen molar-refractivity contribution >= 4 is 12.0 Å². The lowest BCUT2D eigenvalue weighted by Crippen LogP contribution is -2.22. The van der Waals surface area contributed by atoms with Crippen molar-refractivity contribution in [3.8, 4) is 11.8 Å². The van der Waals surface area contributed by atoms with Crippen LogP contribution in [0.25, 0.3) is 6.08 Å². The van der Waals surface area contributed by atoms with Gasteiger partial charge in [0.2, 0.25) is 0 Å². The van der Waals surface area contributed by atoms with E-state index in [9.17, 15) is 4.79 Å². The molecular formula is C21H27NO2. The van der Waals surface area contributed by atoms with Gasteiger partial charge in [0.15, 0.2) is 0 Å². The van der Waals surface area contributed by atoms with Crippen LogP contribution in [0.2, 0.25) is 0 Å². The summed E-state index contributed by atoms with van der Waals surface area (Å²) in [6.07, 6.45) is 6.77. The molecule has 1 N–H and O–H groups in total. The fourth-order valence-corrected chi connectivity index (χ4v) is 2.05. The summed E-state index contributed by atoms with van der Waals surface area (Å²) in [5.41, 5.74) is 2.09. The predicted molar refractivity (Wildman–Crippen MR) is 100 cm³/mol. The van der Waals surface area contributed by atoms with Gasteiger partial charge in [0.25, 0.3) is 0 Å². The van der Waals surface area contributed by atoms with Crippen LogP contribution in [0.15, 0.2) is 42.5 Å². The van der Waals surface area contributed by atoms with Gasteiger partial charge >= 0.3 is 5.97 Å². The van der Waals surface area contributed by atoms with Crippen LogP contribution in [0.3, 0.4) is 0 Å². The number of hydrogen-bond donors (Lipinski definition) is 1. The Balaban J connectivity index is 2.65. The van der Waals surface area contributed by atoms with Gasteiger partial charge in [-0.3, -0.25) is 4.90 Å². The van der Waals surface area contributed by atoms with E-state index in [4.69, 9.17) is 5.11 Å². The first-order valence-corrected chi connectivity index (χ1v) is 8.20. The maximum Gasteiger partial charge on any atom is 0.328 e. The minimum atomic E-state index is -0.933. The molecule has 3 heteroatoms. The first-order chi connectivity index (χ1) is 11.3. The van der Waals surface area contributed by atoms with Gasteiger partial charge in [0.1, 0.15) is 0 Å². The third kappa shape index (κ3) is 8.97. The van der Waals surface area contributed by atoms with Crippen LogP contribution >= 0.6 is 0 Å². The molecule has 0 fully saturated rings. The summed E-state index contributed by atoms with van der Waals surface area (Å²) >= 11 is 0. The zero-order valence-corrected chi connectivity index (χ0v) is 15.0. The van der Waals surface area contributed by atoms with Gasteiger partial charge < -0.3 is 5.11 Å². The summed E-state index contributed by atoms with van der Waals surface area (Å²) in [6, 6.07) is 7.94. The quantitative estimate of drug-likeness (QED) is 0.603. The van der Waals surface area contributed by atoms with E-state index >= 15 is 0 Å². The number of allylic oxidation sites excluding steroid dienone is 1. The highest BCUT2D eigenvalue weighted by atomic mass is 16.4. The van der Waals surface area contributed by atoms with Crippen molar-refractivity contribution in [2.75, 3.05) is 13.1 Å². The van der Waals surface area contributed by atoms with Crippen molar-refractivity contribution < 1.29 is 9.90 Å². The van der Waals surface area contributed by atoms with E-state index < -0.39 is 5.97 Å². The second-order valence-electron chi connectivity index (χ2n) is 6.67. The molecule has 0 saturated carbocycles. The van der Waals surface area contributed by atoms with Crippen molar-refractivity contribution in [1.82, 2.24) is 4.90 Å². The first-order valence-electron chi connectivity index (χ1n) is 8.20. The van der Waals surface area contributed by atoms with Crippen LogP contribution in [-0.2, 0) is 11.3 Å². The van der Waals surface area contributed by atoms with Gasteiger partial charge in [-0.05, 0) is 50.6 Å². The smallest absolute Gasteiger partial charge is 0.328 e. The highest BCUT2D eigenvalue weighted by molar-refractivity contribution is 5.85. The van der Waals surface area contributed by atoms with E-state index in [1.54, 1.807) is 6.08 Å². The third-order valence-corrected chi connectivity index (χ3v) is 3.23. The lowest BCUT2D eigenvalue weighted by Gasteiger charge is -2.18. The minimum absolute atomic E-state index is 0.0265. The number of carbonyl (C=O) groups is 1. The van der Waals surface area contributed by atoms with Crippen LogP contribution in [0.4, 0.5) is 0 Å². The first kappa shape index (κ1) is 19.7. The van der Waals surface area contributed by atoms with Gasteiger partial charge in [-0.1, -0.05) is 49.1 Å². The molecule has 1 aromatic rings. The van der Waals surface area contributed by atoms with Gasteiger partial charge in [0, 0.05) is 24.6 Å². The van der Waals surface area contributed by atoms with Crippen LogP contribution < -0.4 is 0 Å². The van der Waals surface area contributed by atoms with Crippen LogP contribution in [0.1, 0.15) is 38.8 Å². The Morgan fingerprint density at radius 3 is 2.71 bits per heavy atom. The molecule has 0 saturated heterocycles. The average molecular weight is 325 g/mol. The number of benzene rings is 1. The molecule has 0 spiro atoms. The van der Waals surface area contributed by atoms with Crippen molar-refractivity contribution in [1.29, 1.82) is 0 Å². The predicted octanol–water partition coefficient (Wildman–Crippen LogP) is 4.21. The largest absolute Gasteiger partial charge is 0.478 e. The second-order valence-corrected chi connectivity index (χ2v) is 6.67. The topological polar surface area (TPSA) is 40.5 Å². The van der Waals surface area contributed by atoms with Crippen LogP contribution in [0.5, 0.6) is 0 Å². The molecule has 0 amide bonds. The van der Waals surface area contributed by atoms with Crippen molar-refractivity contribution in [3.05, 3.63) is 53.6 Å². The average Bonchev–Trinajstić information content (AvgIpc) is 2.50. The Hall–Kier alpha value is -2.31. The standard InChI is InChI=1S/C21H27NO2/c1-5-22(15-8-6-7-14-21(2,3)4)17-19-11-9-10-18(16-19)12-13-20(23)24/h6,8-13,16H,5,15,17H2,1-4H3,(H,23,24). The zero-order chi connectivity index (χ0) is 18.0. The van der Waals surface area contributed by atoms with Crippen molar-refractivity contribution in [3.63, 3.8) is 0 Å². The molecule has 0 heterocycles. The van der Waals surface area contributed by atoms with Gasteiger partial charge in [-0.15, -0.1) is 0 Å². The molecule has 3 nitrogen and oxygen atoms in total. The summed E-state index contributed by atoms with van der Waals surface area (Å²) in [4.78, 5) is 12.9. The highest BCUT2D eigenvalue weighted by Crippen LogP contribution is 2.11. The lowest BCUT2D eigenvalue weighted by atomic mass is 9.98. The van der Waals surface area contributed by atoms with E-state index in [1.807, 2.05) is 24.3 Å². The zero-order valence-electron chi connectivity index (χ0n) is 15.0. The van der Waals surface area contributed by atoms with Crippen molar-refractivity contribution in [2.45, 2.75) is 34.2 Å². The molecule has 24 heavy (non-hydrogen) atoms. The van der Waals surface area contributed by atoms with Crippen molar-refractivity contribution in [2.24, 2.45) is 5.41 Å². The van der Waals surface area contributed by atoms with Crippen LogP contribution in [0, 0.1) is 17.3 Å². The summed E-state index contributed by atoms with van der Waals surface area (Å²) in [5.74, 6) is 5.33. The summed E-state index contributed by atoms with van der Waals surface area (Å²) in [5, 5.41) is 8.70. The number of carboxylic acids is 1. The van der Waals surface area contributed by atoms with E-state index in [1.165, 1.54) is 5.56 Å². The van der Waals surface area contributed by atoms with Gasteiger partial charge in [0.05, 0.1) is 0 Å². The molecule has 0 aliphatic heterocycles. The number of rotatable bonds is 7. The molecule has 0 unspecified atom stereocenters. The summed E-state index contributed by atoms with van der Waals surface area (Å²) in [6.45, 7) is 11.0. The Bertz CT molecular complexity index is 654. The summed E-state index contributed by atoms with van der Waals surface area (Å²) < 4.78 is 0. The number of nitrogens with zero attached hydrogens (tertiary/aromatic N) is 1. The molecule has 0 aromatic heterocycles. The normalized spacial score (nSPS) is 11.9. The molecule has 128 valence electrons. The summed E-state index contributed by atoms with van der Waals surface area (Å²) in [7, 11) is 0. The number of aliphatic carboxylic acids is 1. The second kappa shape index (κ2) is 9.75. The van der Waals surface area contributed by atoms with E-state index in [0.717, 1.165) is 31.3 Å². The number of likely N-dealkylation sites (N-methyl/N-ethyl adjacent to an activating group) is 1. The molecule has 0 radical (unpaired) electrons. The Morgan fingerprint density at radius 2 is 2.08 bits per heavy atom. The maximum absolute atomic E-state index is 10.6. The van der Waals surface area contributed by atoms with E-state index in [0.29, 0.717) is 0 Å². The monoisotopic (exact) mass is 325 g/mol. The number of carboxylic acid groups (broad SMARTS) is 1. The molecule has 0 atom stereocenters. The van der Waals surface area contributed by atoms with E-state index in [-0.39, 0.29) is 5.41 Å². The Morgan fingerprint density at radius 1 is 1.33 bits per heavy atom. The number of hydrogen-bond acceptors (Lipinski definition) is 2. The van der Waals surface area contributed by atoms with Crippen LogP contribution in [-0.4, -0.2) is 29.1 Å². The van der Waals surface area contributed by atoms with E-state index in [2.05, 4.69) is 56.6 Å². The molecule has 1 aromatic carbocycles. The molecule has 1 rings (SSSR count). The fourth-order valence-electron chi connectivity index (χ4n) is 2.05. The highest BCUT2D eigenvalue weighted by Gasteiger charge is 2.03. The SMILES string of the molecule is CCN(CC=CC#CC(C)(C)C)Cc1cccc(C=CC(=O)O)c1. The maximum atomic E-state index is 10.6. The molecule has 0 aliphatic carbocycles. The lowest BCUT2D eigenvalue weighted by molar-refractivity contribution is -0.131. The fraction of sp³-hybridized carbons (Fsp3) is 0.381. The van der Waals surface area contributed by atoms with Gasteiger partial charge in [-0.25, -0.2) is 4.79 Å². The van der Waals surface area contributed by atoms with Gasteiger partial charge in [-0.2, -0.15) is 0 Å². The Kier molecular flexibility index (Phi) is 8.01. The molecule has 0 bridgehead atoms. The molecular weight excluding hydrogens is 298 g/mol.